The number of imidazole rings is 2. The fourth-order valence-corrected chi connectivity index (χ4v) is 9.92. The van der Waals surface area contributed by atoms with Crippen LogP contribution in [0.1, 0.15) is 253 Å². The van der Waals surface area contributed by atoms with Gasteiger partial charge in [0.15, 0.2) is 16.8 Å². The topological polar surface area (TPSA) is 316 Å². The number of nitrogens with zero attached hydrogens (tertiary/aromatic N) is 7. The largest absolute Gasteiger partial charge is 0.466 e. The van der Waals surface area contributed by atoms with E-state index in [-0.39, 0.29) is 66.9 Å². The van der Waals surface area contributed by atoms with Gasteiger partial charge in [0.2, 0.25) is 11.9 Å². The Kier molecular flexibility index (Phi) is 38.7. The second-order valence-corrected chi connectivity index (χ2v) is 24.0. The number of hydrogen-bond donors (Lipinski definition) is 5. The highest BCUT2D eigenvalue weighted by Gasteiger charge is 2.25. The number of carbonyl (C=O) groups is 4. The highest BCUT2D eigenvalue weighted by molar-refractivity contribution is 5.76. The third-order valence-corrected chi connectivity index (χ3v) is 15.7. The van der Waals surface area contributed by atoms with E-state index in [0.717, 1.165) is 38.5 Å². The van der Waals surface area contributed by atoms with Crippen LogP contribution in [-0.2, 0) is 51.2 Å². The number of nitrogen functional groups attached to an aromatic ring is 2. The van der Waals surface area contributed by atoms with Gasteiger partial charge >= 0.3 is 23.9 Å². The highest BCUT2D eigenvalue weighted by atomic mass is 16.6. The summed E-state index contributed by atoms with van der Waals surface area (Å²) in [5.41, 5.74) is 24.7. The SMILES string of the molecule is CCCCCCCCCCCC(=O)OCCC(CCn1cnc2c(=O)[nH]c(N)nc21)OC(=O)[C@@H](N)C(C)C.CCCCCCCCCCCCCCCCCCCCCC(=O)OCC(CCn1cnc2cnc(N)nc21)COC(=O)[C@@H](N)C(C)C. The molecule has 0 amide bonds. The zero-order valence-corrected chi connectivity index (χ0v) is 53.2. The number of aromatic amines is 1. The molecule has 0 aliphatic carbocycles. The molecule has 4 aromatic heterocycles. The maximum absolute atomic E-state index is 12.5. The number of nitrogens with two attached hydrogens (primary N) is 4. The molecule has 21 nitrogen and oxygen atoms in total. The predicted octanol–water partition coefficient (Wildman–Crippen LogP) is 12.1. The minimum atomic E-state index is -0.749. The molecule has 0 aliphatic heterocycles. The summed E-state index contributed by atoms with van der Waals surface area (Å²) in [5, 5.41) is 0. The second-order valence-electron chi connectivity index (χ2n) is 24.0. The molecule has 0 aliphatic rings. The van der Waals surface area contributed by atoms with Crippen LogP contribution in [-0.4, -0.2) is 101 Å². The number of rotatable bonds is 48. The Labute approximate surface area is 507 Å². The molecule has 0 spiro atoms. The molecule has 482 valence electrons. The summed E-state index contributed by atoms with van der Waals surface area (Å²) in [7, 11) is 0. The lowest BCUT2D eigenvalue weighted by molar-refractivity contribution is -0.154. The number of carbonyl (C=O) groups excluding carboxylic acids is 4. The number of nitrogens with one attached hydrogen (secondary N) is 1. The van der Waals surface area contributed by atoms with Crippen molar-refractivity contribution in [3.63, 3.8) is 0 Å². The lowest BCUT2D eigenvalue weighted by Crippen LogP contribution is -2.39. The molecule has 0 fully saturated rings. The first-order valence-electron chi connectivity index (χ1n) is 32.9. The Morgan fingerprint density at radius 3 is 1.49 bits per heavy atom. The number of aromatic nitrogens is 8. The van der Waals surface area contributed by atoms with Crippen LogP contribution in [0.15, 0.2) is 23.6 Å². The van der Waals surface area contributed by atoms with Crippen molar-refractivity contribution in [2.45, 2.75) is 285 Å². The molecule has 0 aromatic carbocycles. The molecule has 2 unspecified atom stereocenters. The molecule has 0 bridgehead atoms. The Hall–Kier alpha value is -5.70. The van der Waals surface area contributed by atoms with Crippen LogP contribution < -0.4 is 28.5 Å². The monoisotopic (exact) mass is 1190 g/mol. The number of unbranched alkanes of at least 4 members (excludes halogenated alkanes) is 26. The quantitative estimate of drug-likeness (QED) is 0.0156. The minimum absolute atomic E-state index is 0.00554. The number of hydrogen-bond acceptors (Lipinski definition) is 18. The van der Waals surface area contributed by atoms with E-state index in [1.165, 1.54) is 148 Å². The van der Waals surface area contributed by atoms with Crippen LogP contribution in [0.4, 0.5) is 11.9 Å². The van der Waals surface area contributed by atoms with Crippen LogP contribution in [0, 0.1) is 17.8 Å². The van der Waals surface area contributed by atoms with E-state index in [9.17, 15) is 24.0 Å². The summed E-state index contributed by atoms with van der Waals surface area (Å²) in [4.78, 5) is 84.9. The Balaban J connectivity index is 0.000000455. The zero-order valence-electron chi connectivity index (χ0n) is 53.2. The maximum Gasteiger partial charge on any atom is 0.323 e. The summed E-state index contributed by atoms with van der Waals surface area (Å²) in [6.07, 6.45) is 42.1. The van der Waals surface area contributed by atoms with E-state index in [2.05, 4.69) is 43.8 Å². The molecule has 85 heavy (non-hydrogen) atoms. The second kappa shape index (κ2) is 44.7. The Bertz CT molecular complexity index is 2500. The summed E-state index contributed by atoms with van der Waals surface area (Å²) >= 11 is 0. The van der Waals surface area contributed by atoms with Crippen molar-refractivity contribution in [2.75, 3.05) is 31.3 Å². The molecule has 4 atom stereocenters. The van der Waals surface area contributed by atoms with Crippen molar-refractivity contribution in [3.05, 3.63) is 29.2 Å². The third-order valence-electron chi connectivity index (χ3n) is 15.7. The van der Waals surface area contributed by atoms with Crippen molar-refractivity contribution < 1.29 is 38.1 Å². The number of anilines is 2. The van der Waals surface area contributed by atoms with Crippen molar-refractivity contribution in [1.82, 2.24) is 39.0 Å². The average molecular weight is 1190 g/mol. The summed E-state index contributed by atoms with van der Waals surface area (Å²) in [6, 6.07) is -1.44. The molecule has 4 heterocycles. The molecule has 0 radical (unpaired) electrons. The summed E-state index contributed by atoms with van der Waals surface area (Å²) < 4.78 is 25.8. The summed E-state index contributed by atoms with van der Waals surface area (Å²) in [6.45, 7) is 13.3. The Morgan fingerprint density at radius 2 is 0.976 bits per heavy atom. The fraction of sp³-hybridized carbons (Fsp3) is 0.781. The van der Waals surface area contributed by atoms with Crippen LogP contribution >= 0.6 is 0 Å². The molecule has 4 rings (SSSR count). The van der Waals surface area contributed by atoms with Gasteiger partial charge < -0.3 is 51.0 Å². The highest BCUT2D eigenvalue weighted by Crippen LogP contribution is 2.19. The van der Waals surface area contributed by atoms with Crippen molar-refractivity contribution in [2.24, 2.45) is 29.2 Å². The molecular formula is C64H112N12O9. The van der Waals surface area contributed by atoms with E-state index < -0.39 is 35.7 Å². The van der Waals surface area contributed by atoms with E-state index in [1.807, 2.05) is 32.3 Å². The lowest BCUT2D eigenvalue weighted by atomic mass is 10.0. The molecule has 9 N–H and O–H groups in total. The van der Waals surface area contributed by atoms with Crippen LogP contribution in [0.5, 0.6) is 0 Å². The van der Waals surface area contributed by atoms with Gasteiger partial charge in [-0.25, -0.2) is 15.0 Å². The van der Waals surface area contributed by atoms with E-state index in [1.54, 1.807) is 17.1 Å². The van der Waals surface area contributed by atoms with Gasteiger partial charge in [0.25, 0.3) is 5.56 Å². The maximum atomic E-state index is 12.5. The lowest BCUT2D eigenvalue weighted by Gasteiger charge is -2.22. The number of H-pyrrole nitrogens is 1. The number of esters is 4. The number of fused-ring (bicyclic) bond motifs is 2. The zero-order chi connectivity index (χ0) is 62.0. The van der Waals surface area contributed by atoms with Crippen LogP contribution in [0.25, 0.3) is 22.3 Å². The van der Waals surface area contributed by atoms with Gasteiger partial charge in [-0.15, -0.1) is 0 Å². The summed E-state index contributed by atoms with van der Waals surface area (Å²) in [5.74, 6) is -1.51. The van der Waals surface area contributed by atoms with E-state index in [4.69, 9.17) is 41.9 Å². The van der Waals surface area contributed by atoms with Gasteiger partial charge in [-0.2, -0.15) is 9.97 Å². The van der Waals surface area contributed by atoms with Gasteiger partial charge in [-0.3, -0.25) is 29.0 Å². The molecule has 21 heteroatoms. The fourth-order valence-electron chi connectivity index (χ4n) is 9.92. The van der Waals surface area contributed by atoms with Gasteiger partial charge in [0.05, 0.1) is 38.7 Å². The predicted molar refractivity (Wildman–Crippen MR) is 338 cm³/mol. The minimum Gasteiger partial charge on any atom is -0.466 e. The van der Waals surface area contributed by atoms with Gasteiger partial charge in [-0.05, 0) is 31.1 Å². The third kappa shape index (κ3) is 32.0. The molecule has 4 aromatic rings. The first-order chi connectivity index (χ1) is 41.0. The first kappa shape index (κ1) is 73.6. The average Bonchev–Trinajstić information content (AvgIpc) is 3.12. The van der Waals surface area contributed by atoms with E-state index >= 15 is 0 Å². The standard InChI is InChI=1S/C37H66N6O4.C27H46N6O5/c1-4-5-6-7-8-9-10-11-12-13-14-15-16-17-18-19-20-21-22-23-33(44)46-27-31(28-47-36(45)34(38)30(2)3)24-25-43-29-41-32-26-40-37(39)42-35(32)43;1-4-5-6-7-8-9-10-11-12-13-21(34)37-17-15-20(38-26(36)22(28)19(2)3)14-16-33-18-30-23-24(33)31-27(29)32-25(23)35/h26,29-31,34H,4-25,27-28,38H2,1-3H3,(H2,39,40,42);18-20,22H,4-17,28H2,1-3H3,(H3,29,31,32,35)/t31?,34-;20?,22-/m00/s1. The van der Waals surface area contributed by atoms with Crippen LogP contribution in [0.2, 0.25) is 0 Å². The van der Waals surface area contributed by atoms with Crippen molar-refractivity contribution >= 4 is 58.1 Å². The normalized spacial score (nSPS) is 13.0. The van der Waals surface area contributed by atoms with Gasteiger partial charge in [-0.1, -0.05) is 208 Å². The van der Waals surface area contributed by atoms with Crippen molar-refractivity contribution in [3.8, 4) is 0 Å². The smallest absolute Gasteiger partial charge is 0.323 e. The molecule has 0 saturated heterocycles. The van der Waals surface area contributed by atoms with E-state index in [0.29, 0.717) is 62.0 Å². The van der Waals surface area contributed by atoms with Crippen molar-refractivity contribution in [1.29, 1.82) is 0 Å². The number of ether oxygens (including phenoxy) is 4. The van der Waals surface area contributed by atoms with Gasteiger partial charge in [0.1, 0.15) is 23.7 Å². The molecule has 0 saturated carbocycles. The Morgan fingerprint density at radius 1 is 0.529 bits per heavy atom. The molecular weight excluding hydrogens is 1080 g/mol. The first-order valence-corrected chi connectivity index (χ1v) is 32.9. The van der Waals surface area contributed by atoms with Crippen LogP contribution in [0.3, 0.4) is 0 Å². The van der Waals surface area contributed by atoms with Gasteiger partial charge in [0, 0.05) is 44.7 Å². The number of aryl methyl sites for hydroxylation is 2.